The van der Waals surface area contributed by atoms with Crippen LogP contribution in [0.1, 0.15) is 18.9 Å². The number of nitrogens with one attached hydrogen (secondary N) is 2. The number of hydrogen-bond donors (Lipinski definition) is 2. The molecule has 0 unspecified atom stereocenters. The molecule has 9 heteroatoms. The van der Waals surface area contributed by atoms with Gasteiger partial charge in [-0.2, -0.15) is 0 Å². The van der Waals surface area contributed by atoms with Gasteiger partial charge in [0.2, 0.25) is 5.91 Å². The van der Waals surface area contributed by atoms with Crippen molar-refractivity contribution in [3.8, 4) is 0 Å². The van der Waals surface area contributed by atoms with Gasteiger partial charge in [-0.25, -0.2) is 0 Å². The number of nitro benzene ring substituents is 2. The van der Waals surface area contributed by atoms with Gasteiger partial charge in [0.15, 0.2) is 0 Å². The van der Waals surface area contributed by atoms with E-state index in [1.807, 2.05) is 6.92 Å². The van der Waals surface area contributed by atoms with E-state index in [-0.39, 0.29) is 30.2 Å². The molecule has 21 heavy (non-hydrogen) atoms. The molecule has 0 bridgehead atoms. The van der Waals surface area contributed by atoms with Crippen LogP contribution in [0.5, 0.6) is 0 Å². The number of carbonyl (C=O) groups is 1. The van der Waals surface area contributed by atoms with E-state index < -0.39 is 9.85 Å². The third-order valence-electron chi connectivity index (χ3n) is 2.69. The smallest absolute Gasteiger partial charge is 0.280 e. The quantitative estimate of drug-likeness (QED) is 0.420. The van der Waals surface area contributed by atoms with Crippen LogP contribution in [0.25, 0.3) is 0 Å². The molecule has 1 aromatic rings. The van der Waals surface area contributed by atoms with Gasteiger partial charge in [-0.3, -0.25) is 25.0 Å². The molecule has 0 fully saturated rings. The van der Waals surface area contributed by atoms with Gasteiger partial charge in [0.1, 0.15) is 0 Å². The van der Waals surface area contributed by atoms with E-state index in [1.54, 1.807) is 0 Å². The Hall–Kier alpha value is -2.55. The van der Waals surface area contributed by atoms with Gasteiger partial charge in [-0.05, 0) is 13.0 Å². The van der Waals surface area contributed by atoms with E-state index in [0.717, 1.165) is 6.07 Å². The highest BCUT2D eigenvalue weighted by Crippen LogP contribution is 2.24. The third-order valence-corrected chi connectivity index (χ3v) is 2.69. The Morgan fingerprint density at radius 1 is 1.24 bits per heavy atom. The van der Waals surface area contributed by atoms with Crippen molar-refractivity contribution < 1.29 is 14.6 Å². The number of nitro groups is 2. The summed E-state index contributed by atoms with van der Waals surface area (Å²) < 4.78 is 0. The number of hydrogen-bond acceptors (Lipinski definition) is 6. The summed E-state index contributed by atoms with van der Waals surface area (Å²) in [6, 6.07) is 3.49. The maximum absolute atomic E-state index is 11.2. The molecule has 1 aromatic carbocycles. The van der Waals surface area contributed by atoms with Gasteiger partial charge >= 0.3 is 0 Å². The molecule has 9 nitrogen and oxygen atoms in total. The van der Waals surface area contributed by atoms with Crippen molar-refractivity contribution in [3.05, 3.63) is 44.0 Å². The zero-order valence-electron chi connectivity index (χ0n) is 11.5. The predicted molar refractivity (Wildman–Crippen MR) is 74.8 cm³/mol. The van der Waals surface area contributed by atoms with Crippen molar-refractivity contribution in [2.24, 2.45) is 0 Å². The molecule has 1 rings (SSSR count). The highest BCUT2D eigenvalue weighted by molar-refractivity contribution is 5.75. The minimum Gasteiger partial charge on any atom is -0.356 e. The highest BCUT2D eigenvalue weighted by Gasteiger charge is 2.18. The van der Waals surface area contributed by atoms with E-state index in [1.165, 1.54) is 12.1 Å². The predicted octanol–water partition coefficient (Wildman–Crippen LogP) is 1.12. The lowest BCUT2D eigenvalue weighted by Crippen LogP contribution is -2.27. The zero-order valence-corrected chi connectivity index (χ0v) is 11.5. The van der Waals surface area contributed by atoms with Crippen molar-refractivity contribution in [1.29, 1.82) is 0 Å². The Morgan fingerprint density at radius 2 is 1.95 bits per heavy atom. The Morgan fingerprint density at radius 3 is 2.52 bits per heavy atom. The van der Waals surface area contributed by atoms with Gasteiger partial charge in [0, 0.05) is 37.7 Å². The first-order valence-corrected chi connectivity index (χ1v) is 6.34. The van der Waals surface area contributed by atoms with Crippen LogP contribution in [0.4, 0.5) is 11.4 Å². The molecule has 0 radical (unpaired) electrons. The zero-order chi connectivity index (χ0) is 15.8. The molecular weight excluding hydrogens is 280 g/mol. The fourth-order valence-electron chi connectivity index (χ4n) is 1.70. The molecule has 0 saturated carbocycles. The summed E-state index contributed by atoms with van der Waals surface area (Å²) in [4.78, 5) is 31.4. The van der Waals surface area contributed by atoms with Crippen LogP contribution in [0.15, 0.2) is 18.2 Å². The largest absolute Gasteiger partial charge is 0.356 e. The fourth-order valence-corrected chi connectivity index (χ4v) is 1.70. The van der Waals surface area contributed by atoms with Crippen LogP contribution in [0.3, 0.4) is 0 Å². The standard InChI is InChI=1S/C12H16N4O5/c1-2-14-12(17)5-6-13-8-9-3-4-10(15(18)19)7-11(9)16(20)21/h3-4,7,13H,2,5-6,8H2,1H3,(H,14,17). The first-order valence-electron chi connectivity index (χ1n) is 6.34. The van der Waals surface area contributed by atoms with Gasteiger partial charge in [-0.1, -0.05) is 0 Å². The average molecular weight is 296 g/mol. The number of amides is 1. The van der Waals surface area contributed by atoms with E-state index in [4.69, 9.17) is 0 Å². The van der Waals surface area contributed by atoms with Gasteiger partial charge in [0.25, 0.3) is 11.4 Å². The SMILES string of the molecule is CCNC(=O)CCNCc1ccc([N+](=O)[O-])cc1[N+](=O)[O-]. The van der Waals surface area contributed by atoms with Crippen molar-refractivity contribution in [2.75, 3.05) is 13.1 Å². The second-order valence-electron chi connectivity index (χ2n) is 4.21. The number of nitrogens with zero attached hydrogens (tertiary/aromatic N) is 2. The number of rotatable bonds is 8. The topological polar surface area (TPSA) is 127 Å². The number of carbonyl (C=O) groups excluding carboxylic acids is 1. The summed E-state index contributed by atoms with van der Waals surface area (Å²) in [6.07, 6.45) is 0.259. The van der Waals surface area contributed by atoms with Gasteiger partial charge in [-0.15, -0.1) is 0 Å². The molecule has 0 saturated heterocycles. The number of non-ortho nitro benzene ring substituents is 1. The summed E-state index contributed by atoms with van der Waals surface area (Å²) in [5, 5.41) is 27.1. The van der Waals surface area contributed by atoms with Crippen LogP contribution in [0, 0.1) is 20.2 Å². The molecule has 2 N–H and O–H groups in total. The Kier molecular flexibility index (Phi) is 6.21. The molecule has 114 valence electrons. The van der Waals surface area contributed by atoms with E-state index >= 15 is 0 Å². The van der Waals surface area contributed by atoms with E-state index in [2.05, 4.69) is 10.6 Å². The minimum absolute atomic E-state index is 0.108. The summed E-state index contributed by atoms with van der Waals surface area (Å²) in [5.74, 6) is -0.108. The van der Waals surface area contributed by atoms with Gasteiger partial charge in [0.05, 0.1) is 15.9 Å². The van der Waals surface area contributed by atoms with Crippen LogP contribution < -0.4 is 10.6 Å². The second-order valence-corrected chi connectivity index (χ2v) is 4.21. The molecule has 0 heterocycles. The fraction of sp³-hybridized carbons (Fsp3) is 0.417. The number of benzene rings is 1. The average Bonchev–Trinajstić information content (AvgIpc) is 2.43. The minimum atomic E-state index is -0.681. The van der Waals surface area contributed by atoms with Crippen molar-refractivity contribution in [3.63, 3.8) is 0 Å². The van der Waals surface area contributed by atoms with Gasteiger partial charge < -0.3 is 10.6 Å². The molecular formula is C12H16N4O5. The summed E-state index contributed by atoms with van der Waals surface area (Å²) in [6.45, 7) is 2.88. The first kappa shape index (κ1) is 16.5. The lowest BCUT2D eigenvalue weighted by atomic mass is 10.1. The normalized spacial score (nSPS) is 10.1. The van der Waals surface area contributed by atoms with Crippen molar-refractivity contribution >= 4 is 17.3 Å². The van der Waals surface area contributed by atoms with E-state index in [0.29, 0.717) is 18.7 Å². The maximum Gasteiger partial charge on any atom is 0.280 e. The van der Waals surface area contributed by atoms with Crippen LogP contribution in [-0.4, -0.2) is 28.8 Å². The van der Waals surface area contributed by atoms with Crippen molar-refractivity contribution in [1.82, 2.24) is 10.6 Å². The Labute approximate surface area is 120 Å². The lowest BCUT2D eigenvalue weighted by Gasteiger charge is -2.06. The highest BCUT2D eigenvalue weighted by atomic mass is 16.6. The summed E-state index contributed by atoms with van der Waals surface area (Å²) >= 11 is 0. The first-order chi connectivity index (χ1) is 9.95. The molecule has 1 amide bonds. The van der Waals surface area contributed by atoms with E-state index in [9.17, 15) is 25.0 Å². The third kappa shape index (κ3) is 5.15. The Bertz CT molecular complexity index is 546. The maximum atomic E-state index is 11.2. The molecule has 0 spiro atoms. The second kappa shape index (κ2) is 7.90. The van der Waals surface area contributed by atoms with Crippen LogP contribution >= 0.6 is 0 Å². The lowest BCUT2D eigenvalue weighted by molar-refractivity contribution is -0.394. The summed E-state index contributed by atoms with van der Waals surface area (Å²) in [5.41, 5.74) is -0.302. The van der Waals surface area contributed by atoms with Crippen LogP contribution in [0.2, 0.25) is 0 Å². The van der Waals surface area contributed by atoms with Crippen molar-refractivity contribution in [2.45, 2.75) is 19.9 Å². The molecule has 0 aliphatic heterocycles. The molecule has 0 atom stereocenters. The molecule has 0 aliphatic rings. The Balaban J connectivity index is 2.64. The van der Waals surface area contributed by atoms with Crippen LogP contribution in [-0.2, 0) is 11.3 Å². The molecule has 0 aromatic heterocycles. The monoisotopic (exact) mass is 296 g/mol. The molecule has 0 aliphatic carbocycles. The summed E-state index contributed by atoms with van der Waals surface area (Å²) in [7, 11) is 0.